The number of likely N-dealkylation sites (tertiary alicyclic amines) is 1. The maximum absolute atomic E-state index is 9.82. The molecule has 2 rings (SSSR count). The van der Waals surface area contributed by atoms with E-state index >= 15 is 0 Å². The normalized spacial score (nSPS) is 33.8. The Kier molecular flexibility index (Phi) is 4.19. The lowest BCUT2D eigenvalue weighted by atomic mass is 10.0. The third kappa shape index (κ3) is 2.94. The number of nitrogens with one attached hydrogen (secondary N) is 1. The highest BCUT2D eigenvalue weighted by atomic mass is 16.5. The topological polar surface area (TPSA) is 44.7 Å². The van der Waals surface area contributed by atoms with Crippen LogP contribution in [0.25, 0.3) is 0 Å². The van der Waals surface area contributed by atoms with Crippen LogP contribution in [0.4, 0.5) is 0 Å². The predicted octanol–water partition coefficient (Wildman–Crippen LogP) is 0.209. The molecule has 0 aromatic rings. The van der Waals surface area contributed by atoms with Gasteiger partial charge in [-0.3, -0.25) is 4.90 Å². The van der Waals surface area contributed by atoms with Crippen molar-refractivity contribution in [3.05, 3.63) is 0 Å². The Morgan fingerprint density at radius 3 is 2.44 bits per heavy atom. The molecule has 2 saturated heterocycles. The highest BCUT2D eigenvalue weighted by Crippen LogP contribution is 2.19. The van der Waals surface area contributed by atoms with Crippen molar-refractivity contribution >= 4 is 0 Å². The average Bonchev–Trinajstić information content (AvgIpc) is 2.65. The first-order valence-electron chi connectivity index (χ1n) is 6.45. The van der Waals surface area contributed by atoms with Crippen molar-refractivity contribution in [2.45, 2.75) is 51.0 Å². The van der Waals surface area contributed by atoms with E-state index in [0.29, 0.717) is 18.2 Å². The first kappa shape index (κ1) is 12.3. The number of rotatable bonds is 3. The number of hydrogen-bond donors (Lipinski definition) is 2. The summed E-state index contributed by atoms with van der Waals surface area (Å²) in [5, 5.41) is 13.1. The molecule has 4 heteroatoms. The molecule has 0 saturated carbocycles. The molecule has 0 bridgehead atoms. The van der Waals surface area contributed by atoms with Gasteiger partial charge in [0.05, 0.1) is 18.3 Å². The van der Waals surface area contributed by atoms with E-state index in [4.69, 9.17) is 4.74 Å². The minimum atomic E-state index is -0.192. The van der Waals surface area contributed by atoms with Crippen LogP contribution in [0.15, 0.2) is 0 Å². The van der Waals surface area contributed by atoms with Crippen molar-refractivity contribution in [2.75, 3.05) is 26.2 Å². The molecule has 0 aliphatic carbocycles. The monoisotopic (exact) mass is 228 g/mol. The highest BCUT2D eigenvalue weighted by Gasteiger charge is 2.33. The number of β-amino-alcohol motifs (C(OH)–C–C–N with tert-alkyl or cyclic N) is 1. The molecular weight excluding hydrogens is 204 g/mol. The van der Waals surface area contributed by atoms with Crippen LogP contribution in [0.1, 0.15) is 26.7 Å². The zero-order valence-corrected chi connectivity index (χ0v) is 10.4. The highest BCUT2D eigenvalue weighted by molar-refractivity contribution is 4.90. The van der Waals surface area contributed by atoms with Crippen LogP contribution in [0.2, 0.25) is 0 Å². The third-order valence-electron chi connectivity index (χ3n) is 3.56. The second-order valence-electron chi connectivity index (χ2n) is 5.21. The predicted molar refractivity (Wildman–Crippen MR) is 63.5 cm³/mol. The lowest BCUT2D eigenvalue weighted by Gasteiger charge is -2.37. The zero-order chi connectivity index (χ0) is 11.5. The van der Waals surface area contributed by atoms with Crippen molar-refractivity contribution in [2.24, 2.45) is 0 Å². The van der Waals surface area contributed by atoms with Gasteiger partial charge in [-0.25, -0.2) is 0 Å². The van der Waals surface area contributed by atoms with E-state index in [0.717, 1.165) is 39.0 Å². The van der Waals surface area contributed by atoms with Gasteiger partial charge in [-0.15, -0.1) is 0 Å². The lowest BCUT2D eigenvalue weighted by Crippen LogP contribution is -2.48. The van der Waals surface area contributed by atoms with Crippen molar-refractivity contribution in [3.8, 4) is 0 Å². The smallest absolute Gasteiger partial charge is 0.0831 e. The Bertz CT molecular complexity index is 215. The number of piperidine rings is 1. The standard InChI is InChI=1S/C12H24N2O2/c1-9(2)16-10-3-5-14(6-4-10)11-7-13-8-12(11)15/h9-13,15H,3-8H2,1-2H3/t11-,12-/m1/s1. The molecule has 4 nitrogen and oxygen atoms in total. The number of nitrogens with zero attached hydrogens (tertiary/aromatic N) is 1. The van der Waals surface area contributed by atoms with Crippen molar-refractivity contribution in [1.82, 2.24) is 10.2 Å². The Labute approximate surface area is 98.0 Å². The summed E-state index contributed by atoms with van der Waals surface area (Å²) in [6.45, 7) is 7.97. The van der Waals surface area contributed by atoms with E-state index in [1.807, 2.05) is 0 Å². The summed E-state index contributed by atoms with van der Waals surface area (Å²) in [6, 6.07) is 0.319. The van der Waals surface area contributed by atoms with Gasteiger partial charge < -0.3 is 15.2 Å². The summed E-state index contributed by atoms with van der Waals surface area (Å²) >= 11 is 0. The van der Waals surface area contributed by atoms with Gasteiger partial charge in [0.1, 0.15) is 0 Å². The largest absolute Gasteiger partial charge is 0.390 e. The van der Waals surface area contributed by atoms with Crippen LogP contribution in [0.3, 0.4) is 0 Å². The molecule has 0 aromatic carbocycles. The number of aliphatic hydroxyl groups is 1. The first-order chi connectivity index (χ1) is 7.66. The number of hydrogen-bond acceptors (Lipinski definition) is 4. The molecule has 2 aliphatic rings. The molecule has 2 atom stereocenters. The fourth-order valence-electron chi connectivity index (χ4n) is 2.75. The van der Waals surface area contributed by atoms with Crippen molar-refractivity contribution < 1.29 is 9.84 Å². The van der Waals surface area contributed by atoms with E-state index in [1.54, 1.807) is 0 Å². The second kappa shape index (κ2) is 5.45. The van der Waals surface area contributed by atoms with Gasteiger partial charge in [0.25, 0.3) is 0 Å². The Hall–Kier alpha value is -0.160. The number of aliphatic hydroxyl groups excluding tert-OH is 1. The van der Waals surface area contributed by atoms with Gasteiger partial charge in [-0.1, -0.05) is 0 Å². The molecule has 0 aromatic heterocycles. The molecular formula is C12H24N2O2. The molecule has 0 unspecified atom stereocenters. The van der Waals surface area contributed by atoms with E-state index < -0.39 is 0 Å². The summed E-state index contributed by atoms with van der Waals surface area (Å²) in [7, 11) is 0. The van der Waals surface area contributed by atoms with E-state index in [1.165, 1.54) is 0 Å². The quantitative estimate of drug-likeness (QED) is 0.725. The van der Waals surface area contributed by atoms with Crippen LogP contribution < -0.4 is 5.32 Å². The van der Waals surface area contributed by atoms with Gasteiger partial charge in [0.15, 0.2) is 0 Å². The average molecular weight is 228 g/mol. The van der Waals surface area contributed by atoms with Crippen molar-refractivity contribution in [1.29, 1.82) is 0 Å². The summed E-state index contributed by atoms with van der Waals surface area (Å²) in [4.78, 5) is 2.41. The molecule has 2 N–H and O–H groups in total. The van der Waals surface area contributed by atoms with Gasteiger partial charge >= 0.3 is 0 Å². The maximum Gasteiger partial charge on any atom is 0.0831 e. The summed E-state index contributed by atoms with van der Waals surface area (Å²) in [5.41, 5.74) is 0. The molecule has 2 aliphatic heterocycles. The van der Waals surface area contributed by atoms with Crippen LogP contribution >= 0.6 is 0 Å². The van der Waals surface area contributed by atoms with Crippen LogP contribution in [-0.2, 0) is 4.74 Å². The van der Waals surface area contributed by atoms with Crippen LogP contribution in [0, 0.1) is 0 Å². The second-order valence-corrected chi connectivity index (χ2v) is 5.21. The number of ether oxygens (including phenoxy) is 1. The SMILES string of the molecule is CC(C)OC1CCN([C@@H]2CNC[C@H]2O)CC1. The molecule has 0 radical (unpaired) electrons. The van der Waals surface area contributed by atoms with E-state index in [9.17, 15) is 5.11 Å². The molecule has 2 heterocycles. The van der Waals surface area contributed by atoms with Crippen LogP contribution in [0.5, 0.6) is 0 Å². The van der Waals surface area contributed by atoms with Gasteiger partial charge in [-0.2, -0.15) is 0 Å². The fourth-order valence-corrected chi connectivity index (χ4v) is 2.75. The fraction of sp³-hybridized carbons (Fsp3) is 1.00. The van der Waals surface area contributed by atoms with Gasteiger partial charge in [0.2, 0.25) is 0 Å². The van der Waals surface area contributed by atoms with Gasteiger partial charge in [-0.05, 0) is 26.7 Å². The van der Waals surface area contributed by atoms with Crippen LogP contribution in [-0.4, -0.2) is 60.5 Å². The summed E-state index contributed by atoms with van der Waals surface area (Å²) in [6.07, 6.45) is 2.75. The van der Waals surface area contributed by atoms with E-state index in [-0.39, 0.29) is 6.10 Å². The van der Waals surface area contributed by atoms with Crippen molar-refractivity contribution in [3.63, 3.8) is 0 Å². The first-order valence-corrected chi connectivity index (χ1v) is 6.45. The van der Waals surface area contributed by atoms with Gasteiger partial charge in [0, 0.05) is 32.2 Å². The molecule has 2 fully saturated rings. The molecule has 0 spiro atoms. The third-order valence-corrected chi connectivity index (χ3v) is 3.56. The Balaban J connectivity index is 1.76. The Morgan fingerprint density at radius 2 is 1.94 bits per heavy atom. The lowest BCUT2D eigenvalue weighted by molar-refractivity contribution is -0.0399. The Morgan fingerprint density at radius 1 is 1.25 bits per heavy atom. The molecule has 16 heavy (non-hydrogen) atoms. The minimum Gasteiger partial charge on any atom is -0.390 e. The summed E-state index contributed by atoms with van der Waals surface area (Å²) < 4.78 is 5.82. The molecule has 94 valence electrons. The summed E-state index contributed by atoms with van der Waals surface area (Å²) in [5.74, 6) is 0. The van der Waals surface area contributed by atoms with E-state index in [2.05, 4.69) is 24.1 Å². The maximum atomic E-state index is 9.82. The molecule has 0 amide bonds. The zero-order valence-electron chi connectivity index (χ0n) is 10.4. The minimum absolute atomic E-state index is 0.192.